The minimum Gasteiger partial charge on any atom is -0.483 e. The van der Waals surface area contributed by atoms with Crippen molar-refractivity contribution in [1.29, 1.82) is 0 Å². The zero-order valence-electron chi connectivity index (χ0n) is 27.0. The largest absolute Gasteiger partial charge is 0.483 e. The van der Waals surface area contributed by atoms with Crippen molar-refractivity contribution in [3.05, 3.63) is 82.3 Å². The smallest absolute Gasteiger partial charge is 0.146 e. The molecule has 0 amide bonds. The van der Waals surface area contributed by atoms with Crippen molar-refractivity contribution in [3.63, 3.8) is 0 Å². The number of aliphatic imine (C=N–C) groups is 1. The van der Waals surface area contributed by atoms with Crippen LogP contribution in [0.1, 0.15) is 78.0 Å². The van der Waals surface area contributed by atoms with Crippen LogP contribution in [0.2, 0.25) is 5.02 Å². The number of halogens is 2. The standard InChI is InChI=1S/C36H50ClFN4O/c1-7-10-13-27(5)39-35(40(9-3)23-26(4)12-8-2)25-41-20-21-42(24-28(41)6)33-15-11-14-29-16-19-34(43-36(29)33)31-18-17-30(37)22-32(31)38/h7,10-11,13-15,17-18,22,26,28,34H,8-9,12,16,19-21,23-25H2,1-6H3/b10-7+,27-13+,39-35?. The van der Waals surface area contributed by atoms with Gasteiger partial charge in [-0.3, -0.25) is 4.90 Å². The van der Waals surface area contributed by atoms with E-state index < -0.39 is 0 Å². The van der Waals surface area contributed by atoms with Gasteiger partial charge in [0.1, 0.15) is 23.5 Å². The second-order valence-electron chi connectivity index (χ2n) is 12.1. The number of hydrogen-bond acceptors (Lipinski definition) is 4. The summed E-state index contributed by atoms with van der Waals surface area (Å²) in [4.78, 5) is 12.6. The fourth-order valence-electron chi connectivity index (χ4n) is 6.31. The van der Waals surface area contributed by atoms with E-state index in [-0.39, 0.29) is 11.9 Å². The Morgan fingerprint density at radius 1 is 1.23 bits per heavy atom. The third-order valence-corrected chi connectivity index (χ3v) is 8.90. The zero-order valence-corrected chi connectivity index (χ0v) is 27.7. The number of hydrogen-bond donors (Lipinski definition) is 0. The Morgan fingerprint density at radius 3 is 2.74 bits per heavy atom. The number of amidine groups is 1. The number of para-hydroxylation sites is 1. The Balaban J connectivity index is 1.51. The average molecular weight is 609 g/mol. The zero-order chi connectivity index (χ0) is 30.9. The van der Waals surface area contributed by atoms with Crippen LogP contribution in [0.5, 0.6) is 5.75 Å². The highest BCUT2D eigenvalue weighted by Crippen LogP contribution is 2.42. The third-order valence-electron chi connectivity index (χ3n) is 8.67. The van der Waals surface area contributed by atoms with E-state index in [1.165, 1.54) is 24.5 Å². The third kappa shape index (κ3) is 8.63. The molecule has 234 valence electrons. The molecule has 3 unspecified atom stereocenters. The maximum Gasteiger partial charge on any atom is 0.146 e. The van der Waals surface area contributed by atoms with Gasteiger partial charge in [-0.1, -0.05) is 62.2 Å². The van der Waals surface area contributed by atoms with E-state index in [0.29, 0.717) is 22.5 Å². The van der Waals surface area contributed by atoms with Crippen LogP contribution in [-0.2, 0) is 6.42 Å². The first kappa shape index (κ1) is 33.1. The Labute approximate surface area is 264 Å². The van der Waals surface area contributed by atoms with Crippen LogP contribution in [0.3, 0.4) is 0 Å². The van der Waals surface area contributed by atoms with Crippen molar-refractivity contribution in [2.45, 2.75) is 79.4 Å². The minimum atomic E-state index is -0.322. The predicted molar refractivity (Wildman–Crippen MR) is 180 cm³/mol. The predicted octanol–water partition coefficient (Wildman–Crippen LogP) is 8.69. The number of benzene rings is 2. The van der Waals surface area contributed by atoms with Gasteiger partial charge < -0.3 is 14.5 Å². The van der Waals surface area contributed by atoms with E-state index in [2.05, 4.69) is 79.7 Å². The van der Waals surface area contributed by atoms with Crippen LogP contribution in [0.15, 0.2) is 65.3 Å². The van der Waals surface area contributed by atoms with Gasteiger partial charge in [0, 0.05) is 55.0 Å². The lowest BCUT2D eigenvalue weighted by atomic mass is 9.96. The van der Waals surface area contributed by atoms with Crippen molar-refractivity contribution >= 4 is 23.1 Å². The first-order valence-electron chi connectivity index (χ1n) is 16.1. The molecular weight excluding hydrogens is 559 g/mol. The topological polar surface area (TPSA) is 31.3 Å². The molecule has 0 radical (unpaired) electrons. The number of anilines is 1. The van der Waals surface area contributed by atoms with Crippen LogP contribution >= 0.6 is 11.6 Å². The van der Waals surface area contributed by atoms with Crippen molar-refractivity contribution in [3.8, 4) is 5.75 Å². The first-order valence-corrected chi connectivity index (χ1v) is 16.5. The van der Waals surface area contributed by atoms with E-state index in [4.69, 9.17) is 21.3 Å². The fraction of sp³-hybridized carbons (Fsp3) is 0.528. The van der Waals surface area contributed by atoms with Crippen molar-refractivity contribution in [2.24, 2.45) is 10.9 Å². The van der Waals surface area contributed by atoms with E-state index >= 15 is 0 Å². The average Bonchev–Trinajstić information content (AvgIpc) is 2.99. The Hall–Kier alpha value is -2.83. The number of fused-ring (bicyclic) bond motifs is 1. The van der Waals surface area contributed by atoms with Gasteiger partial charge in [-0.05, 0) is 82.7 Å². The van der Waals surface area contributed by atoms with Gasteiger partial charge in [0.05, 0.1) is 12.2 Å². The molecule has 2 heterocycles. The fourth-order valence-corrected chi connectivity index (χ4v) is 6.47. The molecule has 7 heteroatoms. The summed E-state index contributed by atoms with van der Waals surface area (Å²) in [6, 6.07) is 11.6. The van der Waals surface area contributed by atoms with E-state index in [0.717, 1.165) is 75.1 Å². The molecule has 0 saturated carbocycles. The van der Waals surface area contributed by atoms with Gasteiger partial charge in [0.2, 0.25) is 0 Å². The first-order chi connectivity index (χ1) is 20.7. The monoisotopic (exact) mass is 608 g/mol. The molecule has 43 heavy (non-hydrogen) atoms. The summed E-state index contributed by atoms with van der Waals surface area (Å²) < 4.78 is 21.3. The maximum absolute atomic E-state index is 14.8. The summed E-state index contributed by atoms with van der Waals surface area (Å²) >= 11 is 6.02. The summed E-state index contributed by atoms with van der Waals surface area (Å²) in [7, 11) is 0. The molecule has 5 nitrogen and oxygen atoms in total. The highest BCUT2D eigenvalue weighted by molar-refractivity contribution is 6.30. The van der Waals surface area contributed by atoms with Gasteiger partial charge in [0.15, 0.2) is 0 Å². The molecule has 0 spiro atoms. The molecule has 1 fully saturated rings. The summed E-state index contributed by atoms with van der Waals surface area (Å²) in [5.41, 5.74) is 3.89. The molecule has 0 bridgehead atoms. The van der Waals surface area contributed by atoms with E-state index in [9.17, 15) is 4.39 Å². The van der Waals surface area contributed by atoms with Gasteiger partial charge in [-0.25, -0.2) is 9.38 Å². The molecule has 2 aliphatic rings. The lowest BCUT2D eigenvalue weighted by molar-refractivity contribution is 0.170. The normalized spacial score (nSPS) is 20.7. The van der Waals surface area contributed by atoms with Crippen LogP contribution < -0.4 is 9.64 Å². The van der Waals surface area contributed by atoms with Gasteiger partial charge in [-0.15, -0.1) is 0 Å². The lowest BCUT2D eigenvalue weighted by Gasteiger charge is -2.43. The van der Waals surface area contributed by atoms with Crippen LogP contribution in [0.25, 0.3) is 0 Å². The van der Waals surface area contributed by atoms with Crippen LogP contribution in [0, 0.1) is 11.7 Å². The summed E-state index contributed by atoms with van der Waals surface area (Å²) in [6.07, 6.45) is 9.89. The second-order valence-corrected chi connectivity index (χ2v) is 12.6. The minimum absolute atomic E-state index is 0.306. The Morgan fingerprint density at radius 2 is 2.05 bits per heavy atom. The summed E-state index contributed by atoms with van der Waals surface area (Å²) in [6.45, 7) is 18.8. The molecule has 2 aromatic carbocycles. The quantitative estimate of drug-likeness (QED) is 0.145. The van der Waals surface area contributed by atoms with Crippen LogP contribution in [-0.4, -0.2) is 60.9 Å². The summed E-state index contributed by atoms with van der Waals surface area (Å²) in [5.74, 6) is 2.36. The van der Waals surface area contributed by atoms with Gasteiger partial charge in [0.25, 0.3) is 0 Å². The molecule has 3 atom stereocenters. The Bertz CT molecular complexity index is 1310. The highest BCUT2D eigenvalue weighted by atomic mass is 35.5. The Kier molecular flexibility index (Phi) is 12.1. The molecule has 2 aromatic rings. The van der Waals surface area contributed by atoms with Crippen molar-refractivity contribution in [1.82, 2.24) is 9.80 Å². The van der Waals surface area contributed by atoms with Crippen molar-refractivity contribution < 1.29 is 9.13 Å². The second kappa shape index (κ2) is 15.8. The number of rotatable bonds is 11. The molecule has 0 aromatic heterocycles. The molecule has 4 rings (SSSR count). The summed E-state index contributed by atoms with van der Waals surface area (Å²) in [5, 5.41) is 0.403. The van der Waals surface area contributed by atoms with Gasteiger partial charge >= 0.3 is 0 Å². The number of piperazine rings is 1. The molecule has 2 aliphatic heterocycles. The van der Waals surface area contributed by atoms with E-state index in [1.807, 2.05) is 13.0 Å². The maximum atomic E-state index is 14.8. The number of allylic oxidation sites excluding steroid dienone is 4. The SMILES string of the molecule is C/C=C/C=C(\C)N=C(CN1CCN(c2cccc3c2OC(c2ccc(Cl)cc2F)CC3)CC1C)N(CC)CC(C)CCC. The molecule has 0 N–H and O–H groups in total. The van der Waals surface area contributed by atoms with Gasteiger partial charge in [-0.2, -0.15) is 0 Å². The van der Waals surface area contributed by atoms with Crippen molar-refractivity contribution in [2.75, 3.05) is 44.2 Å². The molecule has 1 saturated heterocycles. The lowest BCUT2D eigenvalue weighted by Crippen LogP contribution is -2.55. The number of aryl methyl sites for hydroxylation is 1. The number of nitrogens with zero attached hydrogens (tertiary/aromatic N) is 4. The molecule has 0 aliphatic carbocycles. The van der Waals surface area contributed by atoms with Crippen LogP contribution in [0.4, 0.5) is 10.1 Å². The highest BCUT2D eigenvalue weighted by Gasteiger charge is 2.31. The molecular formula is C36H50ClFN4O. The van der Waals surface area contributed by atoms with E-state index in [1.54, 1.807) is 12.1 Å². The number of likely N-dealkylation sites (N-methyl/N-ethyl adjacent to an activating group) is 1. The number of ether oxygens (including phenoxy) is 1.